The highest BCUT2D eigenvalue weighted by Gasteiger charge is 2.26. The molecule has 21 heavy (non-hydrogen) atoms. The molecule has 1 aromatic rings. The van der Waals surface area contributed by atoms with Gasteiger partial charge in [0, 0.05) is 37.4 Å². The Balaban J connectivity index is 2.20. The minimum atomic E-state index is -0.0182. The van der Waals surface area contributed by atoms with E-state index in [0.29, 0.717) is 6.04 Å². The molecule has 1 aliphatic heterocycles. The summed E-state index contributed by atoms with van der Waals surface area (Å²) in [6.07, 6.45) is 2.05. The minimum Gasteiger partial charge on any atom is -0.370 e. The van der Waals surface area contributed by atoms with Gasteiger partial charge in [0.05, 0.1) is 6.61 Å². The van der Waals surface area contributed by atoms with Gasteiger partial charge in [0.2, 0.25) is 0 Å². The lowest BCUT2D eigenvalue weighted by atomic mass is 10.2. The van der Waals surface area contributed by atoms with Crippen molar-refractivity contribution >= 4 is 5.82 Å². The summed E-state index contributed by atoms with van der Waals surface area (Å²) in [7, 11) is 0. The van der Waals surface area contributed by atoms with E-state index in [0.717, 1.165) is 56.4 Å². The number of morpholine rings is 1. The average molecular weight is 292 g/mol. The molecule has 1 aliphatic rings. The lowest BCUT2D eigenvalue weighted by Gasteiger charge is -2.34. The van der Waals surface area contributed by atoms with Gasteiger partial charge in [0.15, 0.2) is 5.82 Å². The second-order valence-corrected chi connectivity index (χ2v) is 5.83. The first-order valence-corrected chi connectivity index (χ1v) is 8.11. The number of nitrogens with one attached hydrogen (secondary N) is 1. The van der Waals surface area contributed by atoms with Gasteiger partial charge in [0.25, 0.3) is 0 Å². The first-order valence-electron chi connectivity index (χ1n) is 8.11. The fourth-order valence-corrected chi connectivity index (χ4v) is 2.61. The van der Waals surface area contributed by atoms with Crippen molar-refractivity contribution in [1.82, 2.24) is 14.9 Å². The number of nitrogens with zero attached hydrogens (tertiary/aromatic N) is 3. The van der Waals surface area contributed by atoms with Crippen LogP contribution in [0.4, 0.5) is 5.82 Å². The third-order valence-corrected chi connectivity index (χ3v) is 3.78. The molecule has 0 radical (unpaired) electrons. The smallest absolute Gasteiger partial charge is 0.161 e. The van der Waals surface area contributed by atoms with Crippen LogP contribution in [0.15, 0.2) is 6.07 Å². The van der Waals surface area contributed by atoms with Crippen LogP contribution < -0.4 is 5.32 Å². The molecule has 0 spiro atoms. The SMILES string of the molecule is CCCc1cc(NCC)nc(C2CN(C(C)C)CCO2)n1. The number of aromatic nitrogens is 2. The molecule has 1 atom stereocenters. The number of anilines is 1. The van der Waals surface area contributed by atoms with Crippen LogP contribution in [-0.4, -0.2) is 47.2 Å². The van der Waals surface area contributed by atoms with Gasteiger partial charge in [-0.2, -0.15) is 0 Å². The average Bonchev–Trinajstić information content (AvgIpc) is 2.48. The largest absolute Gasteiger partial charge is 0.370 e. The maximum Gasteiger partial charge on any atom is 0.161 e. The highest BCUT2D eigenvalue weighted by Crippen LogP contribution is 2.22. The standard InChI is InChI=1S/C16H28N4O/c1-5-7-13-10-15(17-6-2)19-16(18-13)14-11-20(12(3)4)8-9-21-14/h10,12,14H,5-9,11H2,1-4H3,(H,17,18,19). The van der Waals surface area contributed by atoms with E-state index in [2.05, 4.69) is 49.0 Å². The van der Waals surface area contributed by atoms with E-state index in [-0.39, 0.29) is 6.10 Å². The van der Waals surface area contributed by atoms with E-state index in [4.69, 9.17) is 9.72 Å². The van der Waals surface area contributed by atoms with Crippen LogP contribution in [0.3, 0.4) is 0 Å². The van der Waals surface area contributed by atoms with Gasteiger partial charge in [-0.25, -0.2) is 9.97 Å². The third kappa shape index (κ3) is 4.38. The van der Waals surface area contributed by atoms with Crippen molar-refractivity contribution in [2.75, 3.05) is 31.6 Å². The Morgan fingerprint density at radius 2 is 2.19 bits per heavy atom. The minimum absolute atomic E-state index is 0.0182. The monoisotopic (exact) mass is 292 g/mol. The van der Waals surface area contributed by atoms with Gasteiger partial charge >= 0.3 is 0 Å². The first kappa shape index (κ1) is 16.2. The van der Waals surface area contributed by atoms with Crippen molar-refractivity contribution in [3.63, 3.8) is 0 Å². The van der Waals surface area contributed by atoms with E-state index in [9.17, 15) is 0 Å². The molecule has 0 saturated carbocycles. The predicted molar refractivity (Wildman–Crippen MR) is 85.6 cm³/mol. The number of rotatable bonds is 6. The Kier molecular flexibility index (Phi) is 5.94. The summed E-state index contributed by atoms with van der Waals surface area (Å²) in [4.78, 5) is 11.8. The fourth-order valence-electron chi connectivity index (χ4n) is 2.61. The number of hydrogen-bond acceptors (Lipinski definition) is 5. The van der Waals surface area contributed by atoms with Crippen LogP contribution in [0, 0.1) is 0 Å². The van der Waals surface area contributed by atoms with Crippen molar-refractivity contribution < 1.29 is 4.74 Å². The fraction of sp³-hybridized carbons (Fsp3) is 0.750. The molecule has 1 N–H and O–H groups in total. The molecule has 118 valence electrons. The van der Waals surface area contributed by atoms with Crippen molar-refractivity contribution in [3.05, 3.63) is 17.6 Å². The third-order valence-electron chi connectivity index (χ3n) is 3.78. The summed E-state index contributed by atoms with van der Waals surface area (Å²) >= 11 is 0. The molecular weight excluding hydrogens is 264 g/mol. The van der Waals surface area contributed by atoms with Crippen LogP contribution in [-0.2, 0) is 11.2 Å². The zero-order valence-electron chi connectivity index (χ0n) is 13.7. The molecule has 0 aromatic carbocycles. The number of aryl methyl sites for hydroxylation is 1. The van der Waals surface area contributed by atoms with E-state index >= 15 is 0 Å². The molecule has 5 heteroatoms. The van der Waals surface area contributed by atoms with Gasteiger partial charge in [-0.15, -0.1) is 0 Å². The highest BCUT2D eigenvalue weighted by atomic mass is 16.5. The van der Waals surface area contributed by atoms with Crippen LogP contribution in [0.1, 0.15) is 51.7 Å². The van der Waals surface area contributed by atoms with Crippen LogP contribution in [0.5, 0.6) is 0 Å². The summed E-state index contributed by atoms with van der Waals surface area (Å²) in [5.41, 5.74) is 1.10. The summed E-state index contributed by atoms with van der Waals surface area (Å²) in [6, 6.07) is 2.59. The molecule has 1 aromatic heterocycles. The molecule has 2 rings (SSSR count). The Bertz CT molecular complexity index is 426. The highest BCUT2D eigenvalue weighted by molar-refractivity contribution is 5.36. The van der Waals surface area contributed by atoms with E-state index < -0.39 is 0 Å². The van der Waals surface area contributed by atoms with Crippen molar-refractivity contribution in [3.8, 4) is 0 Å². The summed E-state index contributed by atoms with van der Waals surface area (Å²) in [5.74, 6) is 1.73. The molecule has 5 nitrogen and oxygen atoms in total. The molecule has 2 heterocycles. The van der Waals surface area contributed by atoms with E-state index in [1.165, 1.54) is 0 Å². The zero-order valence-corrected chi connectivity index (χ0v) is 13.7. The molecule has 1 unspecified atom stereocenters. The van der Waals surface area contributed by atoms with E-state index in [1.807, 2.05) is 0 Å². The Morgan fingerprint density at radius 3 is 2.86 bits per heavy atom. The topological polar surface area (TPSA) is 50.3 Å². The summed E-state index contributed by atoms with van der Waals surface area (Å²) < 4.78 is 5.92. The Labute approximate surface area is 128 Å². The lowest BCUT2D eigenvalue weighted by Crippen LogP contribution is -2.42. The van der Waals surface area contributed by atoms with Gasteiger partial charge in [-0.1, -0.05) is 13.3 Å². The number of ether oxygens (including phenoxy) is 1. The van der Waals surface area contributed by atoms with Crippen molar-refractivity contribution in [2.24, 2.45) is 0 Å². The summed E-state index contributed by atoms with van der Waals surface area (Å²) in [6.45, 7) is 12.2. The van der Waals surface area contributed by atoms with Crippen LogP contribution >= 0.6 is 0 Å². The number of hydrogen-bond donors (Lipinski definition) is 1. The first-order chi connectivity index (χ1) is 10.1. The maximum atomic E-state index is 5.92. The molecule has 0 aliphatic carbocycles. The van der Waals surface area contributed by atoms with Gasteiger partial charge in [0.1, 0.15) is 11.9 Å². The lowest BCUT2D eigenvalue weighted by molar-refractivity contribution is -0.0443. The van der Waals surface area contributed by atoms with Crippen molar-refractivity contribution in [1.29, 1.82) is 0 Å². The molecule has 1 fully saturated rings. The molecule has 0 amide bonds. The second-order valence-electron chi connectivity index (χ2n) is 5.83. The summed E-state index contributed by atoms with van der Waals surface area (Å²) in [5, 5.41) is 3.30. The normalized spacial score (nSPS) is 20.0. The van der Waals surface area contributed by atoms with Crippen molar-refractivity contribution in [2.45, 2.75) is 52.7 Å². The quantitative estimate of drug-likeness (QED) is 0.873. The molecule has 0 bridgehead atoms. The van der Waals surface area contributed by atoms with Crippen LogP contribution in [0.25, 0.3) is 0 Å². The van der Waals surface area contributed by atoms with Gasteiger partial charge in [-0.3, -0.25) is 4.90 Å². The molecule has 1 saturated heterocycles. The predicted octanol–water partition coefficient (Wildman–Crippen LogP) is 2.64. The van der Waals surface area contributed by atoms with Gasteiger partial charge < -0.3 is 10.1 Å². The Morgan fingerprint density at radius 1 is 1.38 bits per heavy atom. The second kappa shape index (κ2) is 7.71. The Hall–Kier alpha value is -1.20. The van der Waals surface area contributed by atoms with Crippen LogP contribution in [0.2, 0.25) is 0 Å². The molecular formula is C16H28N4O. The van der Waals surface area contributed by atoms with E-state index in [1.54, 1.807) is 0 Å². The zero-order chi connectivity index (χ0) is 15.2. The van der Waals surface area contributed by atoms with Gasteiger partial charge in [-0.05, 0) is 27.2 Å². The maximum absolute atomic E-state index is 5.92.